The van der Waals surface area contributed by atoms with Crippen LogP contribution in [0.5, 0.6) is 0 Å². The fourth-order valence-corrected chi connectivity index (χ4v) is 1.62. The lowest BCUT2D eigenvalue weighted by atomic mass is 10.1. The molecule has 2 N–H and O–H groups in total. The first kappa shape index (κ1) is 16.2. The molecule has 8 heteroatoms. The molecule has 0 aliphatic carbocycles. The van der Waals surface area contributed by atoms with E-state index in [2.05, 4.69) is 10.6 Å². The van der Waals surface area contributed by atoms with E-state index < -0.39 is 17.3 Å². The van der Waals surface area contributed by atoms with Crippen LogP contribution in [0, 0.1) is 11.3 Å². The molecule has 0 spiro atoms. The van der Waals surface area contributed by atoms with Crippen molar-refractivity contribution in [2.75, 3.05) is 25.6 Å². The maximum atomic E-state index is 12.8. The molecule has 0 aromatic heterocycles. The van der Waals surface area contributed by atoms with Crippen LogP contribution in [-0.2, 0) is 10.9 Å². The van der Waals surface area contributed by atoms with E-state index in [4.69, 9.17) is 22.2 Å². The molecule has 0 aliphatic heterocycles. The van der Waals surface area contributed by atoms with Gasteiger partial charge in [-0.05, 0) is 30.4 Å². The number of alkyl halides is 3. The van der Waals surface area contributed by atoms with Crippen LogP contribution in [0.25, 0.3) is 0 Å². The standard InChI is InChI=1S/C12H12F3N3OS/c1-19-5-4-17-11(20)18-9-3-2-8(7-16)10(6-9)12(13,14)15/h2-3,6H,4-5H2,1H3,(H2,17,18,20). The second-order valence-electron chi connectivity index (χ2n) is 3.74. The van der Waals surface area contributed by atoms with Crippen molar-refractivity contribution in [3.05, 3.63) is 29.3 Å². The van der Waals surface area contributed by atoms with Crippen molar-refractivity contribution in [1.82, 2.24) is 5.32 Å². The molecule has 0 radical (unpaired) electrons. The van der Waals surface area contributed by atoms with Gasteiger partial charge in [-0.25, -0.2) is 0 Å². The number of methoxy groups -OCH3 is 1. The maximum absolute atomic E-state index is 12.8. The molecule has 0 fully saturated rings. The zero-order chi connectivity index (χ0) is 15.2. The van der Waals surface area contributed by atoms with Gasteiger partial charge in [0.15, 0.2) is 5.11 Å². The summed E-state index contributed by atoms with van der Waals surface area (Å²) < 4.78 is 43.1. The van der Waals surface area contributed by atoms with Gasteiger partial charge in [0.25, 0.3) is 0 Å². The Balaban J connectivity index is 2.83. The summed E-state index contributed by atoms with van der Waals surface area (Å²) in [5.74, 6) is 0. The summed E-state index contributed by atoms with van der Waals surface area (Å²) in [6.07, 6.45) is -4.59. The summed E-state index contributed by atoms with van der Waals surface area (Å²) in [5.41, 5.74) is -1.27. The Bertz CT molecular complexity index is 526. The second kappa shape index (κ2) is 7.07. The van der Waals surface area contributed by atoms with Gasteiger partial charge in [0, 0.05) is 19.3 Å². The number of hydrogen-bond acceptors (Lipinski definition) is 3. The van der Waals surface area contributed by atoms with Crippen molar-refractivity contribution in [3.63, 3.8) is 0 Å². The number of hydrogen-bond donors (Lipinski definition) is 2. The number of nitrogens with zero attached hydrogens (tertiary/aromatic N) is 1. The van der Waals surface area contributed by atoms with E-state index in [1.165, 1.54) is 19.2 Å². The SMILES string of the molecule is COCCNC(=S)Nc1ccc(C#N)c(C(F)(F)F)c1. The minimum Gasteiger partial charge on any atom is -0.383 e. The number of rotatable bonds is 4. The predicted molar refractivity (Wildman–Crippen MR) is 72.3 cm³/mol. The van der Waals surface area contributed by atoms with Crippen LogP contribution in [0.3, 0.4) is 0 Å². The average Bonchev–Trinajstić information content (AvgIpc) is 2.38. The first-order valence-electron chi connectivity index (χ1n) is 5.53. The van der Waals surface area contributed by atoms with Crippen molar-refractivity contribution in [1.29, 1.82) is 5.26 Å². The van der Waals surface area contributed by atoms with Crippen LogP contribution in [-0.4, -0.2) is 25.4 Å². The number of thiocarbonyl (C=S) groups is 1. The molecule has 0 unspecified atom stereocenters. The van der Waals surface area contributed by atoms with Gasteiger partial charge in [-0.2, -0.15) is 18.4 Å². The first-order valence-corrected chi connectivity index (χ1v) is 5.94. The van der Waals surface area contributed by atoms with Gasteiger partial charge in [-0.1, -0.05) is 0 Å². The summed E-state index contributed by atoms with van der Waals surface area (Å²) in [6.45, 7) is 0.855. The van der Waals surface area contributed by atoms with Crippen molar-refractivity contribution < 1.29 is 17.9 Å². The molecule has 0 heterocycles. The largest absolute Gasteiger partial charge is 0.417 e. The molecule has 20 heavy (non-hydrogen) atoms. The summed E-state index contributed by atoms with van der Waals surface area (Å²) in [4.78, 5) is 0. The number of nitriles is 1. The molecule has 4 nitrogen and oxygen atoms in total. The maximum Gasteiger partial charge on any atom is 0.417 e. The predicted octanol–water partition coefficient (Wildman–Crippen LogP) is 2.51. The van der Waals surface area contributed by atoms with Gasteiger partial charge in [0.05, 0.1) is 23.8 Å². The van der Waals surface area contributed by atoms with E-state index in [0.29, 0.717) is 13.2 Å². The Kier molecular flexibility index (Phi) is 5.73. The second-order valence-corrected chi connectivity index (χ2v) is 4.15. The van der Waals surface area contributed by atoms with Crippen LogP contribution < -0.4 is 10.6 Å². The summed E-state index contributed by atoms with van der Waals surface area (Å²) in [5, 5.41) is 14.2. The number of halogens is 3. The van der Waals surface area contributed by atoms with E-state index in [1.807, 2.05) is 0 Å². The van der Waals surface area contributed by atoms with E-state index >= 15 is 0 Å². The highest BCUT2D eigenvalue weighted by atomic mass is 32.1. The van der Waals surface area contributed by atoms with Gasteiger partial charge in [-0.15, -0.1) is 0 Å². The highest BCUT2D eigenvalue weighted by molar-refractivity contribution is 7.80. The summed E-state index contributed by atoms with van der Waals surface area (Å²) in [7, 11) is 1.52. The summed E-state index contributed by atoms with van der Waals surface area (Å²) in [6, 6.07) is 4.82. The zero-order valence-corrected chi connectivity index (χ0v) is 11.4. The van der Waals surface area contributed by atoms with Gasteiger partial charge < -0.3 is 15.4 Å². The van der Waals surface area contributed by atoms with Crippen LogP contribution in [0.15, 0.2) is 18.2 Å². The minimum absolute atomic E-state index is 0.159. The highest BCUT2D eigenvalue weighted by Crippen LogP contribution is 2.33. The monoisotopic (exact) mass is 303 g/mol. The van der Waals surface area contributed by atoms with Gasteiger partial charge in [0.1, 0.15) is 0 Å². The van der Waals surface area contributed by atoms with E-state index in [0.717, 1.165) is 12.1 Å². The smallest absolute Gasteiger partial charge is 0.383 e. The third-order valence-electron chi connectivity index (χ3n) is 2.30. The Morgan fingerprint density at radius 1 is 1.45 bits per heavy atom. The Hall–Kier alpha value is -1.85. The van der Waals surface area contributed by atoms with Crippen molar-refractivity contribution in [2.45, 2.75) is 6.18 Å². The summed E-state index contributed by atoms with van der Waals surface area (Å²) >= 11 is 4.92. The molecule has 0 bridgehead atoms. The molecule has 0 aliphatic rings. The topological polar surface area (TPSA) is 57.1 Å². The van der Waals surface area contributed by atoms with Crippen LogP contribution in [0.1, 0.15) is 11.1 Å². The molecule has 0 saturated carbocycles. The number of nitrogens with one attached hydrogen (secondary N) is 2. The molecule has 0 saturated heterocycles. The Morgan fingerprint density at radius 2 is 2.15 bits per heavy atom. The van der Waals surface area contributed by atoms with Gasteiger partial charge in [0.2, 0.25) is 0 Å². The quantitative estimate of drug-likeness (QED) is 0.661. The van der Waals surface area contributed by atoms with Crippen LogP contribution >= 0.6 is 12.2 Å². The van der Waals surface area contributed by atoms with Crippen molar-refractivity contribution in [2.24, 2.45) is 0 Å². The molecule has 108 valence electrons. The lowest BCUT2D eigenvalue weighted by Crippen LogP contribution is -2.31. The highest BCUT2D eigenvalue weighted by Gasteiger charge is 2.33. The van der Waals surface area contributed by atoms with Crippen molar-refractivity contribution in [3.8, 4) is 6.07 Å². The van der Waals surface area contributed by atoms with Crippen LogP contribution in [0.2, 0.25) is 0 Å². The number of benzene rings is 1. The number of anilines is 1. The van der Waals surface area contributed by atoms with Gasteiger partial charge in [-0.3, -0.25) is 0 Å². The van der Waals surface area contributed by atoms with E-state index in [-0.39, 0.29) is 10.8 Å². The lowest BCUT2D eigenvalue weighted by molar-refractivity contribution is -0.137. The fourth-order valence-electron chi connectivity index (χ4n) is 1.40. The Morgan fingerprint density at radius 3 is 2.70 bits per heavy atom. The van der Waals surface area contributed by atoms with E-state index in [1.54, 1.807) is 0 Å². The molecule has 0 amide bonds. The number of ether oxygens (including phenoxy) is 1. The van der Waals surface area contributed by atoms with E-state index in [9.17, 15) is 13.2 Å². The molecule has 0 atom stereocenters. The van der Waals surface area contributed by atoms with Crippen molar-refractivity contribution >= 4 is 23.0 Å². The third kappa shape index (κ3) is 4.68. The fraction of sp³-hybridized carbons (Fsp3) is 0.333. The third-order valence-corrected chi connectivity index (χ3v) is 2.54. The average molecular weight is 303 g/mol. The molecular formula is C12H12F3N3OS. The van der Waals surface area contributed by atoms with Crippen LogP contribution in [0.4, 0.5) is 18.9 Å². The normalized spacial score (nSPS) is 10.8. The molecule has 1 aromatic carbocycles. The Labute approximate surface area is 119 Å². The molecule has 1 rings (SSSR count). The van der Waals surface area contributed by atoms with Gasteiger partial charge >= 0.3 is 6.18 Å². The zero-order valence-electron chi connectivity index (χ0n) is 10.5. The molecule has 1 aromatic rings. The minimum atomic E-state index is -4.59. The lowest BCUT2D eigenvalue weighted by Gasteiger charge is -2.13. The molecular weight excluding hydrogens is 291 g/mol. The first-order chi connectivity index (χ1) is 9.38.